The van der Waals surface area contributed by atoms with Gasteiger partial charge in [0.2, 0.25) is 0 Å². The summed E-state index contributed by atoms with van der Waals surface area (Å²) in [6.07, 6.45) is 3.91. The van der Waals surface area contributed by atoms with E-state index in [2.05, 4.69) is 4.98 Å². The lowest BCUT2D eigenvalue weighted by Gasteiger charge is -2.31. The summed E-state index contributed by atoms with van der Waals surface area (Å²) in [4.78, 5) is 34.3. The largest absolute Gasteiger partial charge is 0.379 e. The molecule has 0 saturated heterocycles. The van der Waals surface area contributed by atoms with E-state index in [0.717, 1.165) is 21.7 Å². The maximum atomic E-state index is 14.7. The van der Waals surface area contributed by atoms with Crippen molar-refractivity contribution in [3.05, 3.63) is 110 Å². The molecule has 4 aromatic rings. The molecule has 5 rings (SSSR count). The van der Waals surface area contributed by atoms with E-state index in [1.54, 1.807) is 53.2 Å². The van der Waals surface area contributed by atoms with Gasteiger partial charge in [0.15, 0.2) is 0 Å². The number of carbonyl (C=O) groups excluding carboxylic acids is 1. The number of pyridine rings is 2. The van der Waals surface area contributed by atoms with Gasteiger partial charge in [-0.05, 0) is 47.5 Å². The highest BCUT2D eigenvalue weighted by Crippen LogP contribution is 2.28. The third kappa shape index (κ3) is 4.67. The summed E-state index contributed by atoms with van der Waals surface area (Å²) in [5, 5.41) is 0. The summed E-state index contributed by atoms with van der Waals surface area (Å²) in [7, 11) is 1.63. The van der Waals surface area contributed by atoms with Gasteiger partial charge in [0.1, 0.15) is 5.82 Å². The van der Waals surface area contributed by atoms with Gasteiger partial charge in [0.05, 0.1) is 23.6 Å². The van der Waals surface area contributed by atoms with Gasteiger partial charge in [-0.1, -0.05) is 18.2 Å². The number of halogens is 1. The average molecular weight is 490 g/mol. The van der Waals surface area contributed by atoms with Gasteiger partial charge in [-0.2, -0.15) is 0 Å². The minimum absolute atomic E-state index is 0.0534. The van der Waals surface area contributed by atoms with Crippen molar-refractivity contribution in [2.75, 3.05) is 13.7 Å². The monoisotopic (exact) mass is 489 g/mol. The molecule has 0 fully saturated rings. The fourth-order valence-corrected chi connectivity index (χ4v) is 5.42. The Bertz CT molecular complexity index is 1430. The fourth-order valence-electron chi connectivity index (χ4n) is 4.47. The Balaban J connectivity index is 1.55. The third-order valence-electron chi connectivity index (χ3n) is 6.17. The molecule has 1 aliphatic rings. The molecule has 178 valence electrons. The highest BCUT2D eigenvalue weighted by molar-refractivity contribution is 7.14. The van der Waals surface area contributed by atoms with Crippen molar-refractivity contribution in [2.24, 2.45) is 0 Å². The molecule has 3 aromatic heterocycles. The molecule has 0 saturated carbocycles. The summed E-state index contributed by atoms with van der Waals surface area (Å²) in [6.45, 7) is 1.67. The summed E-state index contributed by atoms with van der Waals surface area (Å²) < 4.78 is 21.6. The second kappa shape index (κ2) is 9.93. The second-order valence-electron chi connectivity index (χ2n) is 8.43. The second-order valence-corrected chi connectivity index (χ2v) is 9.60. The Morgan fingerprint density at radius 3 is 2.69 bits per heavy atom. The van der Waals surface area contributed by atoms with E-state index in [9.17, 15) is 14.0 Å². The molecule has 1 aliphatic heterocycles. The molecule has 1 aromatic carbocycles. The highest BCUT2D eigenvalue weighted by atomic mass is 32.1. The zero-order valence-corrected chi connectivity index (χ0v) is 20.1. The van der Waals surface area contributed by atoms with Crippen LogP contribution in [0.2, 0.25) is 0 Å². The molecule has 0 N–H and O–H groups in total. The SMILES string of the molecule is COCc1ccc(C(=O)N2CCc3c(cc(-c4ccccc4F)c(=O)n3Cc3ccncc3)C2)s1. The lowest BCUT2D eigenvalue weighted by Crippen LogP contribution is -2.39. The smallest absolute Gasteiger partial charge is 0.264 e. The average Bonchev–Trinajstić information content (AvgIpc) is 3.35. The number of hydrogen-bond donors (Lipinski definition) is 0. The minimum atomic E-state index is -0.451. The molecule has 0 aliphatic carbocycles. The zero-order chi connectivity index (χ0) is 24.4. The first-order chi connectivity index (χ1) is 17.0. The van der Waals surface area contributed by atoms with Crippen LogP contribution in [0.15, 0.2) is 71.8 Å². The van der Waals surface area contributed by atoms with E-state index in [-0.39, 0.29) is 17.0 Å². The number of nitrogens with zero attached hydrogens (tertiary/aromatic N) is 3. The quantitative estimate of drug-likeness (QED) is 0.400. The molecule has 4 heterocycles. The van der Waals surface area contributed by atoms with Gasteiger partial charge >= 0.3 is 0 Å². The van der Waals surface area contributed by atoms with Crippen molar-refractivity contribution in [2.45, 2.75) is 26.1 Å². The topological polar surface area (TPSA) is 64.4 Å². The maximum absolute atomic E-state index is 14.7. The summed E-state index contributed by atoms with van der Waals surface area (Å²) in [5.41, 5.74) is 2.97. The number of rotatable bonds is 6. The minimum Gasteiger partial charge on any atom is -0.379 e. The number of fused-ring (bicyclic) bond motifs is 1. The number of carbonyl (C=O) groups is 1. The zero-order valence-electron chi connectivity index (χ0n) is 19.2. The van der Waals surface area contributed by atoms with Crippen LogP contribution in [0.1, 0.15) is 31.4 Å². The molecular formula is C27H24FN3O3S. The molecule has 0 atom stereocenters. The summed E-state index contributed by atoms with van der Waals surface area (Å²) in [5.74, 6) is -0.504. The van der Waals surface area contributed by atoms with Crippen LogP contribution >= 0.6 is 11.3 Å². The Labute approximate surface area is 206 Å². The summed E-state index contributed by atoms with van der Waals surface area (Å²) in [6, 6.07) is 15.5. The molecule has 6 nitrogen and oxygen atoms in total. The molecule has 0 spiro atoms. The Hall–Kier alpha value is -3.62. The first-order valence-electron chi connectivity index (χ1n) is 11.3. The van der Waals surface area contributed by atoms with Crippen LogP contribution in [0.3, 0.4) is 0 Å². The normalized spacial score (nSPS) is 13.0. The first-order valence-corrected chi connectivity index (χ1v) is 12.1. The van der Waals surface area contributed by atoms with Gasteiger partial charge < -0.3 is 14.2 Å². The van der Waals surface area contributed by atoms with Crippen molar-refractivity contribution in [3.8, 4) is 11.1 Å². The Kier molecular flexibility index (Phi) is 6.57. The van der Waals surface area contributed by atoms with Crippen molar-refractivity contribution in [3.63, 3.8) is 0 Å². The van der Waals surface area contributed by atoms with E-state index in [1.807, 2.05) is 24.3 Å². The Morgan fingerprint density at radius 1 is 1.11 bits per heavy atom. The predicted octanol–water partition coefficient (Wildman–Crippen LogP) is 4.50. The number of ether oxygens (including phenoxy) is 1. The molecule has 1 amide bonds. The fraction of sp³-hybridized carbons (Fsp3) is 0.222. The van der Waals surface area contributed by atoms with Crippen molar-refractivity contribution >= 4 is 17.2 Å². The molecular weight excluding hydrogens is 465 g/mol. The van der Waals surface area contributed by atoms with Crippen LogP contribution < -0.4 is 5.56 Å². The molecule has 8 heteroatoms. The van der Waals surface area contributed by atoms with E-state index in [4.69, 9.17) is 4.74 Å². The van der Waals surface area contributed by atoms with Gasteiger partial charge in [-0.25, -0.2) is 4.39 Å². The molecule has 0 bridgehead atoms. The summed E-state index contributed by atoms with van der Waals surface area (Å²) >= 11 is 1.42. The van der Waals surface area contributed by atoms with E-state index in [1.165, 1.54) is 17.4 Å². The van der Waals surface area contributed by atoms with Crippen LogP contribution in [-0.2, 0) is 30.9 Å². The van der Waals surface area contributed by atoms with E-state index >= 15 is 0 Å². The van der Waals surface area contributed by atoms with Gasteiger partial charge in [0.25, 0.3) is 11.5 Å². The highest BCUT2D eigenvalue weighted by Gasteiger charge is 2.27. The van der Waals surface area contributed by atoms with Crippen LogP contribution in [0, 0.1) is 5.82 Å². The molecule has 35 heavy (non-hydrogen) atoms. The predicted molar refractivity (Wildman–Crippen MR) is 133 cm³/mol. The lowest BCUT2D eigenvalue weighted by atomic mass is 9.98. The number of amides is 1. The van der Waals surface area contributed by atoms with E-state index < -0.39 is 5.82 Å². The van der Waals surface area contributed by atoms with Crippen LogP contribution in [0.25, 0.3) is 11.1 Å². The van der Waals surface area contributed by atoms with Crippen LogP contribution in [0.5, 0.6) is 0 Å². The number of hydrogen-bond acceptors (Lipinski definition) is 5. The Morgan fingerprint density at radius 2 is 1.91 bits per heavy atom. The van der Waals surface area contributed by atoms with Crippen molar-refractivity contribution in [1.29, 1.82) is 0 Å². The number of methoxy groups -OCH3 is 1. The van der Waals surface area contributed by atoms with Gasteiger partial charge in [0, 0.05) is 55.1 Å². The van der Waals surface area contributed by atoms with Gasteiger partial charge in [-0.15, -0.1) is 11.3 Å². The van der Waals surface area contributed by atoms with Crippen molar-refractivity contribution in [1.82, 2.24) is 14.5 Å². The number of benzene rings is 1. The van der Waals surface area contributed by atoms with Crippen molar-refractivity contribution < 1.29 is 13.9 Å². The standard InChI is InChI=1S/C27H24FN3O3S/c1-34-17-20-6-7-25(35-20)27(33)30-13-10-24-19(16-30)14-22(21-4-2-3-5-23(21)28)26(32)31(24)15-18-8-11-29-12-9-18/h2-9,11-12,14H,10,13,15-17H2,1H3. The number of aromatic nitrogens is 2. The maximum Gasteiger partial charge on any atom is 0.264 e. The van der Waals surface area contributed by atoms with Crippen LogP contribution in [0.4, 0.5) is 4.39 Å². The van der Waals surface area contributed by atoms with Gasteiger partial charge in [-0.3, -0.25) is 14.6 Å². The van der Waals surface area contributed by atoms with Crippen LogP contribution in [-0.4, -0.2) is 34.0 Å². The first kappa shape index (κ1) is 23.1. The molecule has 0 unspecified atom stereocenters. The number of thiophene rings is 1. The molecule has 0 radical (unpaired) electrons. The third-order valence-corrected chi connectivity index (χ3v) is 7.22. The lowest BCUT2D eigenvalue weighted by molar-refractivity contribution is 0.0737. The van der Waals surface area contributed by atoms with E-state index in [0.29, 0.717) is 43.1 Å².